The number of hydrogen-bond acceptors (Lipinski definition) is 4. The van der Waals surface area contributed by atoms with Gasteiger partial charge in [0.15, 0.2) is 0 Å². The van der Waals surface area contributed by atoms with Crippen LogP contribution in [0.1, 0.15) is 36.1 Å². The third kappa shape index (κ3) is 5.24. The summed E-state index contributed by atoms with van der Waals surface area (Å²) < 4.78 is 0. The van der Waals surface area contributed by atoms with Crippen molar-refractivity contribution in [2.45, 2.75) is 19.3 Å². The van der Waals surface area contributed by atoms with Gasteiger partial charge in [-0.1, -0.05) is 123 Å². The Morgan fingerprint density at radius 1 is 0.569 bits per heavy atom. The first-order valence-corrected chi connectivity index (χ1v) is 17.4. The van der Waals surface area contributed by atoms with E-state index in [1.54, 1.807) is 0 Å². The summed E-state index contributed by atoms with van der Waals surface area (Å²) in [5.41, 5.74) is 17.9. The lowest BCUT2D eigenvalue weighted by Crippen LogP contribution is -2.19. The summed E-state index contributed by atoms with van der Waals surface area (Å²) in [5, 5.41) is 15.8. The molecule has 51 heavy (non-hydrogen) atoms. The molecule has 0 fully saturated rings. The second kappa shape index (κ2) is 12.1. The van der Waals surface area contributed by atoms with Crippen molar-refractivity contribution in [2.75, 3.05) is 10.3 Å². The van der Waals surface area contributed by atoms with E-state index >= 15 is 0 Å². The van der Waals surface area contributed by atoms with Crippen LogP contribution in [0.4, 0.5) is 22.7 Å². The minimum Gasteiger partial charge on any atom is -0.310 e. The third-order valence-electron chi connectivity index (χ3n) is 10.3. The normalized spacial score (nSPS) is 14.6. The molecule has 0 radical (unpaired) electrons. The third-order valence-corrected chi connectivity index (χ3v) is 10.3. The summed E-state index contributed by atoms with van der Waals surface area (Å²) in [7, 11) is 0. The van der Waals surface area contributed by atoms with Gasteiger partial charge in [-0.15, -0.1) is 0 Å². The predicted octanol–water partition coefficient (Wildman–Crippen LogP) is 12.1. The molecule has 0 aliphatic heterocycles. The number of rotatable bonds is 6. The Kier molecular flexibility index (Phi) is 7.25. The monoisotopic (exact) mass is 656 g/mol. The van der Waals surface area contributed by atoms with Gasteiger partial charge in [0.1, 0.15) is 5.71 Å². The number of fused-ring (bicyclic) bond motifs is 6. The van der Waals surface area contributed by atoms with E-state index in [9.17, 15) is 0 Å². The highest BCUT2D eigenvalue weighted by Crippen LogP contribution is 2.50. The SMILES string of the molecule is CC1(C)c2ccccc2-c2cc(N(c3ccccc3)c3cccc(-c4ccc5ccc6c(c5c4)/C(=N/Nc4ccccc4)C(=N)C=C6)c3)ccc21. The maximum Gasteiger partial charge on any atom is 0.117 e. The lowest BCUT2D eigenvalue weighted by Gasteiger charge is -2.27. The topological polar surface area (TPSA) is 51.5 Å². The highest BCUT2D eigenvalue weighted by atomic mass is 15.3. The summed E-state index contributed by atoms with van der Waals surface area (Å²) in [6.07, 6.45) is 3.84. The van der Waals surface area contributed by atoms with Crippen LogP contribution in [0.25, 0.3) is 39.1 Å². The van der Waals surface area contributed by atoms with E-state index in [1.165, 1.54) is 22.3 Å². The van der Waals surface area contributed by atoms with Crippen molar-refractivity contribution in [1.29, 1.82) is 5.41 Å². The van der Waals surface area contributed by atoms with Crippen LogP contribution in [0.2, 0.25) is 0 Å². The van der Waals surface area contributed by atoms with Gasteiger partial charge in [-0.25, -0.2) is 0 Å². The van der Waals surface area contributed by atoms with Gasteiger partial charge in [0, 0.05) is 28.0 Å². The van der Waals surface area contributed by atoms with Crippen LogP contribution in [-0.4, -0.2) is 11.4 Å². The van der Waals surface area contributed by atoms with Crippen molar-refractivity contribution in [3.63, 3.8) is 0 Å². The van der Waals surface area contributed by atoms with Gasteiger partial charge in [0.25, 0.3) is 0 Å². The second-order valence-electron chi connectivity index (χ2n) is 13.8. The minimum atomic E-state index is -0.0479. The molecule has 7 aromatic rings. The average Bonchev–Trinajstić information content (AvgIpc) is 3.40. The highest BCUT2D eigenvalue weighted by Gasteiger charge is 2.35. The number of hydrazone groups is 1. The van der Waals surface area contributed by atoms with E-state index < -0.39 is 0 Å². The smallest absolute Gasteiger partial charge is 0.117 e. The molecule has 0 amide bonds. The van der Waals surface area contributed by atoms with Gasteiger partial charge >= 0.3 is 0 Å². The van der Waals surface area contributed by atoms with E-state index in [4.69, 9.17) is 10.5 Å². The van der Waals surface area contributed by atoms with Crippen molar-refractivity contribution in [3.05, 3.63) is 186 Å². The Labute approximate surface area is 298 Å². The Hall–Kier alpha value is -6.52. The minimum absolute atomic E-state index is 0.0479. The molecule has 0 bridgehead atoms. The zero-order chi connectivity index (χ0) is 34.5. The fourth-order valence-corrected chi connectivity index (χ4v) is 7.75. The molecular formula is C47H36N4. The number of nitrogens with one attached hydrogen (secondary N) is 2. The second-order valence-corrected chi connectivity index (χ2v) is 13.8. The molecule has 2 N–H and O–H groups in total. The lowest BCUT2D eigenvalue weighted by molar-refractivity contribution is 0.660. The number of benzene rings is 7. The summed E-state index contributed by atoms with van der Waals surface area (Å²) in [4.78, 5) is 2.35. The Morgan fingerprint density at radius 3 is 2.10 bits per heavy atom. The standard InChI is InChI=1S/C47H36N4/c1-47(2)42-19-10-9-18-39(42)41-30-38(25-26-43(41)47)51(36-15-7-4-8-16-36)37-17-11-12-33(28-37)34-23-21-31-20-22-32-24-27-44(48)46(45(32)40(31)29-34)50-49-35-13-5-3-6-14-35/h3-30,48-49H,1-2H3/b48-44?,50-46+. The van der Waals surface area contributed by atoms with E-state index in [0.29, 0.717) is 11.4 Å². The summed E-state index contributed by atoms with van der Waals surface area (Å²) in [6, 6.07) is 55.9. The summed E-state index contributed by atoms with van der Waals surface area (Å²) in [6.45, 7) is 4.65. The molecule has 2 aliphatic rings. The first kappa shape index (κ1) is 30.5. The van der Waals surface area contributed by atoms with Crippen molar-refractivity contribution >= 4 is 51.0 Å². The van der Waals surface area contributed by atoms with E-state index in [2.05, 4.69) is 152 Å². The van der Waals surface area contributed by atoms with Crippen LogP contribution >= 0.6 is 0 Å². The largest absolute Gasteiger partial charge is 0.310 e. The number of nitrogens with zero attached hydrogens (tertiary/aromatic N) is 2. The average molecular weight is 657 g/mol. The van der Waals surface area contributed by atoms with Crippen LogP contribution in [-0.2, 0) is 5.41 Å². The molecule has 4 heteroatoms. The molecule has 0 heterocycles. The van der Waals surface area contributed by atoms with Gasteiger partial charge in [0.2, 0.25) is 0 Å². The molecule has 7 aromatic carbocycles. The number of anilines is 4. The van der Waals surface area contributed by atoms with Gasteiger partial charge in [-0.3, -0.25) is 10.8 Å². The fraction of sp³-hybridized carbons (Fsp3) is 0.0638. The quantitative estimate of drug-likeness (QED) is 0.175. The van der Waals surface area contributed by atoms with Crippen molar-refractivity contribution in [2.24, 2.45) is 5.10 Å². The van der Waals surface area contributed by atoms with Crippen molar-refractivity contribution in [3.8, 4) is 22.3 Å². The molecular weight excluding hydrogens is 621 g/mol. The molecule has 244 valence electrons. The van der Waals surface area contributed by atoms with Crippen LogP contribution in [0, 0.1) is 5.41 Å². The fourth-order valence-electron chi connectivity index (χ4n) is 7.75. The van der Waals surface area contributed by atoms with E-state index in [1.807, 2.05) is 42.5 Å². The molecule has 0 spiro atoms. The van der Waals surface area contributed by atoms with Gasteiger partial charge in [-0.2, -0.15) is 5.10 Å². The highest BCUT2D eigenvalue weighted by molar-refractivity contribution is 6.55. The zero-order valence-corrected chi connectivity index (χ0v) is 28.6. The van der Waals surface area contributed by atoms with Crippen LogP contribution in [0.5, 0.6) is 0 Å². The number of hydrogen-bond donors (Lipinski definition) is 2. The first-order chi connectivity index (χ1) is 25.0. The summed E-state index contributed by atoms with van der Waals surface area (Å²) in [5.74, 6) is 0. The maximum atomic E-state index is 8.82. The molecule has 0 saturated heterocycles. The van der Waals surface area contributed by atoms with Crippen molar-refractivity contribution in [1.82, 2.24) is 0 Å². The lowest BCUT2D eigenvalue weighted by atomic mass is 9.82. The Morgan fingerprint density at radius 2 is 1.25 bits per heavy atom. The molecule has 0 atom stereocenters. The number of allylic oxidation sites excluding steroid dienone is 1. The molecule has 2 aliphatic carbocycles. The Bertz CT molecular complexity index is 2540. The predicted molar refractivity (Wildman–Crippen MR) is 215 cm³/mol. The van der Waals surface area contributed by atoms with E-state index in [-0.39, 0.29) is 5.41 Å². The maximum absolute atomic E-state index is 8.82. The van der Waals surface area contributed by atoms with Crippen LogP contribution in [0.15, 0.2) is 169 Å². The molecule has 0 unspecified atom stereocenters. The van der Waals surface area contributed by atoms with Gasteiger partial charge in [0.05, 0.1) is 11.4 Å². The van der Waals surface area contributed by atoms with Crippen LogP contribution in [0.3, 0.4) is 0 Å². The van der Waals surface area contributed by atoms with Crippen molar-refractivity contribution < 1.29 is 0 Å². The molecule has 0 aromatic heterocycles. The van der Waals surface area contributed by atoms with Crippen LogP contribution < -0.4 is 10.3 Å². The Balaban J connectivity index is 1.16. The van der Waals surface area contributed by atoms with Gasteiger partial charge in [-0.05, 0) is 110 Å². The molecule has 9 rings (SSSR count). The molecule has 0 saturated carbocycles. The molecule has 4 nitrogen and oxygen atoms in total. The van der Waals surface area contributed by atoms with E-state index in [0.717, 1.165) is 55.8 Å². The zero-order valence-electron chi connectivity index (χ0n) is 28.6. The van der Waals surface area contributed by atoms with Gasteiger partial charge < -0.3 is 4.90 Å². The number of para-hydroxylation sites is 2. The first-order valence-electron chi connectivity index (χ1n) is 17.4. The summed E-state index contributed by atoms with van der Waals surface area (Å²) >= 11 is 0.